The van der Waals surface area contributed by atoms with E-state index in [2.05, 4.69) is 0 Å². The topological polar surface area (TPSA) is 63.0 Å². The van der Waals surface area contributed by atoms with Crippen molar-refractivity contribution in [2.24, 2.45) is 0 Å². The fourth-order valence-corrected chi connectivity index (χ4v) is 0. The summed E-state index contributed by atoms with van der Waals surface area (Å²) in [5.74, 6) is 0. The van der Waals surface area contributed by atoms with Crippen molar-refractivity contribution in [3.05, 3.63) is 0 Å². The van der Waals surface area contributed by atoms with Crippen LogP contribution in [0.4, 0.5) is 0 Å². The van der Waals surface area contributed by atoms with Crippen molar-refractivity contribution in [1.29, 1.82) is 0 Å². The van der Waals surface area contributed by atoms with Gasteiger partial charge in [0, 0.05) is 113 Å². The van der Waals surface area contributed by atoms with Gasteiger partial charge in [0.15, 0.2) is 0 Å². The Labute approximate surface area is 122 Å². The molecular weight excluding hydrogens is 351 g/mol. The minimum Gasteiger partial charge on any atom is -0.412 e. The molecule has 0 fully saturated rings. The van der Waals surface area contributed by atoms with E-state index in [0.717, 1.165) is 0 Å². The van der Waals surface area contributed by atoms with Gasteiger partial charge in [-0.3, -0.25) is 0 Å². The summed E-state index contributed by atoms with van der Waals surface area (Å²) in [7, 11) is 0. The number of hydrogen-bond donors (Lipinski definition) is 0. The van der Waals surface area contributed by atoms with E-state index < -0.39 is 0 Å². The Hall–Kier alpha value is 3.43. The van der Waals surface area contributed by atoms with E-state index >= 15 is 0 Å². The summed E-state index contributed by atoms with van der Waals surface area (Å²) in [4.78, 5) is 0. The normalized spacial score (nSPS) is 0. The molecule has 0 bridgehead atoms. The third kappa shape index (κ3) is 57.0. The first-order chi connectivity index (χ1) is 0. The van der Waals surface area contributed by atoms with Crippen LogP contribution in [-0.4, -0.2) is 11.0 Å². The molecule has 0 aliphatic rings. The van der Waals surface area contributed by atoms with Crippen LogP contribution in [0.1, 0.15) is 1.43 Å². The molecule has 0 radical (unpaired) electrons. The van der Waals surface area contributed by atoms with E-state index in [0.29, 0.717) is 0 Å². The average Bonchev–Trinajstić information content (AvgIpc) is 0. The Morgan fingerprint density at radius 2 is 0.500 bits per heavy atom. The molecule has 0 unspecified atom stereocenters. The van der Waals surface area contributed by atoms with Crippen molar-refractivity contribution in [3.63, 3.8) is 0 Å². The zero-order valence-corrected chi connectivity index (χ0v) is 11.0. The zero-order valence-electron chi connectivity index (χ0n) is 3.41. The molecule has 0 aliphatic carbocycles. The van der Waals surface area contributed by atoms with Gasteiger partial charge in [-0.15, -0.1) is 0 Å². The van der Waals surface area contributed by atoms with Crippen LogP contribution in [0.25, 0.3) is 0 Å². The number of hydrogen-bond acceptors (Lipinski definition) is 0. The molecule has 0 rings (SSSR count). The number of rotatable bonds is 0. The standard InChI is InChI=1S/4Fe.2H2O.2Ti.H2/h;;;;2*1H2;;;1H. The minimum atomic E-state index is 0. The first-order valence-corrected chi connectivity index (χ1v) is 0. The first kappa shape index (κ1) is 106. The van der Waals surface area contributed by atoms with Gasteiger partial charge in [-0.2, -0.15) is 0 Å². The van der Waals surface area contributed by atoms with E-state index in [4.69, 9.17) is 0 Å². The molecule has 0 aromatic carbocycles. The van der Waals surface area contributed by atoms with Crippen molar-refractivity contribution in [2.45, 2.75) is 0 Å². The van der Waals surface area contributed by atoms with Gasteiger partial charge in [0.05, 0.1) is 0 Å². The SMILES string of the molecule is O.O.[Fe].[Fe].[Fe].[Fe].[HH].[Ti].[Ti]. The van der Waals surface area contributed by atoms with Crippen LogP contribution in [0, 0.1) is 0 Å². The molecule has 0 amide bonds. The van der Waals surface area contributed by atoms with E-state index in [-0.39, 0.29) is 124 Å². The second-order valence-electron chi connectivity index (χ2n) is 0. The summed E-state index contributed by atoms with van der Waals surface area (Å²) in [5.41, 5.74) is 0. The van der Waals surface area contributed by atoms with Gasteiger partial charge in [-0.25, -0.2) is 0 Å². The van der Waals surface area contributed by atoms with E-state index in [1.807, 2.05) is 0 Å². The molecule has 0 saturated heterocycles. The monoisotopic (exact) mass is 358 g/mol. The summed E-state index contributed by atoms with van der Waals surface area (Å²) in [6.45, 7) is 0. The molecule has 0 heterocycles. The molecule has 0 atom stereocenters. The van der Waals surface area contributed by atoms with E-state index in [1.165, 1.54) is 0 Å². The molecule has 0 spiro atoms. The molecule has 0 aromatic rings. The summed E-state index contributed by atoms with van der Waals surface area (Å²) < 4.78 is 0. The minimum absolute atomic E-state index is 0. The molecule has 0 aliphatic heterocycles. The molecule has 2 nitrogen and oxygen atoms in total. The van der Waals surface area contributed by atoms with Crippen molar-refractivity contribution < 1.29 is 124 Å². The van der Waals surface area contributed by atoms with Crippen molar-refractivity contribution in [1.82, 2.24) is 0 Å². The van der Waals surface area contributed by atoms with Gasteiger partial charge in [0.25, 0.3) is 0 Å². The van der Waals surface area contributed by atoms with E-state index in [1.54, 1.807) is 0 Å². The van der Waals surface area contributed by atoms with Crippen LogP contribution in [0.5, 0.6) is 0 Å². The van der Waals surface area contributed by atoms with Crippen LogP contribution in [-0.2, 0) is 112 Å². The average molecular weight is 357 g/mol. The van der Waals surface area contributed by atoms with Gasteiger partial charge < -0.3 is 11.0 Å². The van der Waals surface area contributed by atoms with E-state index in [9.17, 15) is 0 Å². The largest absolute Gasteiger partial charge is 0.412 e. The van der Waals surface area contributed by atoms with Crippen LogP contribution < -0.4 is 0 Å². The smallest absolute Gasteiger partial charge is 0 e. The Morgan fingerprint density at radius 3 is 0.500 bits per heavy atom. The van der Waals surface area contributed by atoms with Gasteiger partial charge >= 0.3 is 0 Å². The summed E-state index contributed by atoms with van der Waals surface area (Å²) in [5, 5.41) is 0. The summed E-state index contributed by atoms with van der Waals surface area (Å²) in [6, 6.07) is 0. The quantitative estimate of drug-likeness (QED) is 0.478. The molecule has 4 N–H and O–H groups in total. The second-order valence-corrected chi connectivity index (χ2v) is 0. The third-order valence-electron chi connectivity index (χ3n) is 0. The Bertz CT molecular complexity index is 16.5. The van der Waals surface area contributed by atoms with Crippen molar-refractivity contribution >= 4 is 0 Å². The predicted octanol–water partition coefficient (Wildman–Crippen LogP) is -1.42. The van der Waals surface area contributed by atoms with Gasteiger partial charge in [-0.1, -0.05) is 0 Å². The second kappa shape index (κ2) is 78.9. The van der Waals surface area contributed by atoms with Crippen molar-refractivity contribution in [3.8, 4) is 0 Å². The summed E-state index contributed by atoms with van der Waals surface area (Å²) >= 11 is 0. The van der Waals surface area contributed by atoms with Crippen LogP contribution in [0.2, 0.25) is 0 Å². The molecular formula is H6Fe4O2Ti2. The fraction of sp³-hybridized carbons (Fsp3) is 0. The Morgan fingerprint density at radius 1 is 0.500 bits per heavy atom. The third-order valence-corrected chi connectivity index (χ3v) is 0. The van der Waals surface area contributed by atoms with Crippen LogP contribution in [0.15, 0.2) is 0 Å². The molecule has 8 heavy (non-hydrogen) atoms. The predicted molar refractivity (Wildman–Crippen MR) is 9.34 cm³/mol. The Balaban J connectivity index is 0. The maximum atomic E-state index is 0. The molecule has 8 heteroatoms. The van der Waals surface area contributed by atoms with Gasteiger partial charge in [0.2, 0.25) is 0 Å². The summed E-state index contributed by atoms with van der Waals surface area (Å²) in [6.07, 6.45) is 0. The molecule has 0 saturated carbocycles. The maximum Gasteiger partial charge on any atom is 0 e. The fourth-order valence-electron chi connectivity index (χ4n) is 0. The molecule has 0 aromatic heterocycles. The van der Waals surface area contributed by atoms with Crippen molar-refractivity contribution in [2.75, 3.05) is 0 Å². The Kier molecular flexibility index (Phi) is 1040. The first-order valence-electron chi connectivity index (χ1n) is 0. The zero-order chi connectivity index (χ0) is 0. The van der Waals surface area contributed by atoms with Gasteiger partial charge in [0.1, 0.15) is 0 Å². The van der Waals surface area contributed by atoms with Crippen LogP contribution >= 0.6 is 0 Å². The van der Waals surface area contributed by atoms with Crippen LogP contribution in [0.3, 0.4) is 0 Å². The molecule has 58 valence electrons. The maximum absolute atomic E-state index is 0. The van der Waals surface area contributed by atoms with Gasteiger partial charge in [-0.05, 0) is 0 Å².